The Morgan fingerprint density at radius 1 is 1.28 bits per heavy atom. The molecule has 0 N–H and O–H groups in total. The fourth-order valence-electron chi connectivity index (χ4n) is 1.78. The number of benzene rings is 1. The molecular weight excluding hydrogens is 375 g/mol. The van der Waals surface area contributed by atoms with E-state index in [1.807, 2.05) is 6.20 Å². The third-order valence-corrected chi connectivity index (χ3v) is 4.74. The van der Waals surface area contributed by atoms with Crippen molar-refractivity contribution >= 4 is 56.8 Å². The van der Waals surface area contributed by atoms with Gasteiger partial charge < -0.3 is 0 Å². The highest BCUT2D eigenvalue weighted by atomic mass is 127. The van der Waals surface area contributed by atoms with Crippen molar-refractivity contribution in [2.24, 2.45) is 0 Å². The monoisotopic (exact) mass is 384 g/mol. The molecule has 0 aliphatic carbocycles. The predicted molar refractivity (Wildman–Crippen MR) is 87.6 cm³/mol. The van der Waals surface area contributed by atoms with Crippen molar-refractivity contribution in [1.82, 2.24) is 9.97 Å². The van der Waals surface area contributed by atoms with Crippen molar-refractivity contribution in [3.8, 4) is 10.6 Å². The van der Waals surface area contributed by atoms with Gasteiger partial charge in [-0.2, -0.15) is 0 Å². The molecule has 90 valence electrons. The lowest BCUT2D eigenvalue weighted by atomic mass is 10.1. The average molecular weight is 384 g/mol. The van der Waals surface area contributed by atoms with E-state index in [1.165, 1.54) is 14.7 Å². The first-order chi connectivity index (χ1) is 8.65. The van der Waals surface area contributed by atoms with E-state index in [-0.39, 0.29) is 0 Å². The van der Waals surface area contributed by atoms with E-state index in [9.17, 15) is 0 Å². The fraction of sp³-hybridized carbons (Fsp3) is 0.0769. The SMILES string of the molecule is Cc1ccc(I)cc1-c1nc2c(S)cncc2s1. The summed E-state index contributed by atoms with van der Waals surface area (Å²) in [6, 6.07) is 6.40. The van der Waals surface area contributed by atoms with E-state index in [2.05, 4.69) is 70.3 Å². The molecule has 2 heterocycles. The van der Waals surface area contributed by atoms with Crippen molar-refractivity contribution in [3.05, 3.63) is 39.7 Å². The summed E-state index contributed by atoms with van der Waals surface area (Å²) in [4.78, 5) is 9.67. The standard InChI is InChI=1S/C13H9IN2S2/c1-7-2-3-8(14)4-9(7)13-16-12-10(17)5-15-6-11(12)18-13/h2-6,17H,1H3. The van der Waals surface area contributed by atoms with Gasteiger partial charge in [-0.1, -0.05) is 6.07 Å². The van der Waals surface area contributed by atoms with Gasteiger partial charge in [0.25, 0.3) is 0 Å². The fourth-order valence-corrected chi connectivity index (χ4v) is 3.62. The predicted octanol–water partition coefficient (Wildman–Crippen LogP) is 4.56. The van der Waals surface area contributed by atoms with Crippen LogP contribution in [0.3, 0.4) is 0 Å². The van der Waals surface area contributed by atoms with Gasteiger partial charge in [-0.25, -0.2) is 4.98 Å². The summed E-state index contributed by atoms with van der Waals surface area (Å²) in [5, 5.41) is 1.03. The third kappa shape index (κ3) is 2.15. The minimum atomic E-state index is 0.832. The Labute approximate surface area is 128 Å². The molecule has 2 aromatic heterocycles. The van der Waals surface area contributed by atoms with Gasteiger partial charge in [-0.05, 0) is 47.2 Å². The number of nitrogens with zero attached hydrogens (tertiary/aromatic N) is 2. The highest BCUT2D eigenvalue weighted by Gasteiger charge is 2.10. The lowest BCUT2D eigenvalue weighted by molar-refractivity contribution is 1.27. The van der Waals surface area contributed by atoms with Crippen LogP contribution < -0.4 is 0 Å². The molecule has 0 aliphatic heterocycles. The Kier molecular flexibility index (Phi) is 3.29. The van der Waals surface area contributed by atoms with Crippen LogP contribution in [0.25, 0.3) is 20.8 Å². The summed E-state index contributed by atoms with van der Waals surface area (Å²) < 4.78 is 2.30. The van der Waals surface area contributed by atoms with Crippen LogP contribution in [-0.4, -0.2) is 9.97 Å². The van der Waals surface area contributed by atoms with E-state index >= 15 is 0 Å². The van der Waals surface area contributed by atoms with Gasteiger partial charge in [0.05, 0.1) is 10.2 Å². The smallest absolute Gasteiger partial charge is 0.125 e. The zero-order chi connectivity index (χ0) is 12.7. The highest BCUT2D eigenvalue weighted by Crippen LogP contribution is 2.34. The summed E-state index contributed by atoms with van der Waals surface area (Å²) in [6.07, 6.45) is 3.58. The molecule has 2 nitrogen and oxygen atoms in total. The molecule has 0 saturated carbocycles. The van der Waals surface area contributed by atoms with E-state index in [0.29, 0.717) is 0 Å². The number of thiol groups is 1. The summed E-state index contributed by atoms with van der Waals surface area (Å²) in [6.45, 7) is 2.11. The highest BCUT2D eigenvalue weighted by molar-refractivity contribution is 14.1. The minimum Gasteiger partial charge on any atom is -0.262 e. The molecule has 0 aliphatic rings. The molecule has 0 spiro atoms. The summed E-state index contributed by atoms with van der Waals surface area (Å²) in [7, 11) is 0. The van der Waals surface area contributed by atoms with E-state index in [0.717, 1.165) is 20.1 Å². The Hall–Kier alpha value is -0.660. The number of fused-ring (bicyclic) bond motifs is 1. The summed E-state index contributed by atoms with van der Waals surface area (Å²) in [5.74, 6) is 0. The molecule has 0 amide bonds. The van der Waals surface area contributed by atoms with E-state index in [1.54, 1.807) is 17.5 Å². The first-order valence-corrected chi connectivity index (χ1v) is 7.69. The second kappa shape index (κ2) is 4.79. The lowest BCUT2D eigenvalue weighted by Crippen LogP contribution is -1.83. The van der Waals surface area contributed by atoms with Crippen molar-refractivity contribution in [2.75, 3.05) is 0 Å². The van der Waals surface area contributed by atoms with E-state index < -0.39 is 0 Å². The molecule has 3 aromatic rings. The van der Waals surface area contributed by atoms with Crippen LogP contribution in [0.15, 0.2) is 35.5 Å². The lowest BCUT2D eigenvalue weighted by Gasteiger charge is -2.02. The number of aromatic nitrogens is 2. The first-order valence-electron chi connectivity index (χ1n) is 5.35. The van der Waals surface area contributed by atoms with Crippen molar-refractivity contribution in [1.29, 1.82) is 0 Å². The van der Waals surface area contributed by atoms with Gasteiger partial charge in [0, 0.05) is 26.4 Å². The maximum Gasteiger partial charge on any atom is 0.125 e. The Morgan fingerprint density at radius 3 is 2.89 bits per heavy atom. The van der Waals surface area contributed by atoms with Crippen molar-refractivity contribution in [2.45, 2.75) is 11.8 Å². The van der Waals surface area contributed by atoms with Crippen LogP contribution in [0.4, 0.5) is 0 Å². The number of thiazole rings is 1. The van der Waals surface area contributed by atoms with Gasteiger partial charge in [-0.15, -0.1) is 24.0 Å². The minimum absolute atomic E-state index is 0.832. The molecule has 0 bridgehead atoms. The average Bonchev–Trinajstić information content (AvgIpc) is 2.77. The van der Waals surface area contributed by atoms with Crippen LogP contribution in [0.1, 0.15) is 5.56 Å². The number of rotatable bonds is 1. The Bertz CT molecular complexity index is 737. The first kappa shape index (κ1) is 12.4. The maximum absolute atomic E-state index is 4.68. The third-order valence-electron chi connectivity index (χ3n) is 2.71. The molecule has 5 heteroatoms. The summed E-state index contributed by atoms with van der Waals surface area (Å²) >= 11 is 8.39. The number of pyridine rings is 1. The Balaban J connectivity index is 2.26. The van der Waals surface area contributed by atoms with E-state index in [4.69, 9.17) is 0 Å². The van der Waals surface area contributed by atoms with Crippen LogP contribution in [0, 0.1) is 10.5 Å². The van der Waals surface area contributed by atoms with Crippen molar-refractivity contribution < 1.29 is 0 Å². The number of hydrogen-bond acceptors (Lipinski definition) is 4. The van der Waals surface area contributed by atoms with Crippen LogP contribution in [0.2, 0.25) is 0 Å². The molecule has 0 unspecified atom stereocenters. The number of hydrogen-bond donors (Lipinski definition) is 1. The van der Waals surface area contributed by atoms with Crippen LogP contribution >= 0.6 is 46.6 Å². The quantitative estimate of drug-likeness (QED) is 0.492. The molecule has 0 radical (unpaired) electrons. The molecular formula is C13H9IN2S2. The zero-order valence-electron chi connectivity index (χ0n) is 9.51. The second-order valence-corrected chi connectivity index (χ2v) is 6.74. The molecule has 3 rings (SSSR count). The normalized spacial score (nSPS) is 11.1. The zero-order valence-corrected chi connectivity index (χ0v) is 13.4. The largest absolute Gasteiger partial charge is 0.262 e. The Morgan fingerprint density at radius 2 is 2.11 bits per heavy atom. The second-order valence-electron chi connectivity index (χ2n) is 3.98. The van der Waals surface area contributed by atoms with Gasteiger partial charge >= 0.3 is 0 Å². The number of halogens is 1. The molecule has 0 fully saturated rings. The molecule has 0 atom stereocenters. The molecule has 1 aromatic carbocycles. The summed E-state index contributed by atoms with van der Waals surface area (Å²) in [5.41, 5.74) is 3.37. The van der Waals surface area contributed by atoms with Gasteiger partial charge in [-0.3, -0.25) is 4.98 Å². The maximum atomic E-state index is 4.68. The van der Waals surface area contributed by atoms with Crippen LogP contribution in [0.5, 0.6) is 0 Å². The van der Waals surface area contributed by atoms with Gasteiger partial charge in [0.2, 0.25) is 0 Å². The molecule has 18 heavy (non-hydrogen) atoms. The number of aryl methyl sites for hydroxylation is 1. The molecule has 0 saturated heterocycles. The van der Waals surface area contributed by atoms with Crippen LogP contribution in [-0.2, 0) is 0 Å². The van der Waals surface area contributed by atoms with Gasteiger partial charge in [0.15, 0.2) is 0 Å². The van der Waals surface area contributed by atoms with Gasteiger partial charge in [0.1, 0.15) is 5.01 Å². The topological polar surface area (TPSA) is 25.8 Å². The van der Waals surface area contributed by atoms with Crippen molar-refractivity contribution in [3.63, 3.8) is 0 Å².